The Kier molecular flexibility index (Phi) is 2.44. The van der Waals surface area contributed by atoms with E-state index in [4.69, 9.17) is 5.73 Å². The average molecular weight is 242 g/mol. The lowest BCUT2D eigenvalue weighted by atomic mass is 9.85. The van der Waals surface area contributed by atoms with Gasteiger partial charge in [-0.05, 0) is 25.0 Å². The van der Waals surface area contributed by atoms with Gasteiger partial charge in [-0.2, -0.15) is 0 Å². The smallest absolute Gasteiger partial charge is 0.238 e. The number of benzene rings is 1. The Morgan fingerprint density at radius 1 is 1.00 bits per heavy atom. The van der Waals surface area contributed by atoms with Crippen molar-refractivity contribution in [3.8, 4) is 0 Å². The minimum absolute atomic E-state index is 0.118. The van der Waals surface area contributed by atoms with Crippen LogP contribution in [0.1, 0.15) is 12.8 Å². The van der Waals surface area contributed by atoms with E-state index in [1.807, 2.05) is 12.2 Å². The molecule has 4 heteroatoms. The summed E-state index contributed by atoms with van der Waals surface area (Å²) in [7, 11) is 0. The Labute approximate surface area is 105 Å². The monoisotopic (exact) mass is 242 g/mol. The van der Waals surface area contributed by atoms with Crippen LogP contribution < -0.4 is 10.6 Å². The van der Waals surface area contributed by atoms with E-state index >= 15 is 0 Å². The van der Waals surface area contributed by atoms with Gasteiger partial charge in [0.25, 0.3) is 0 Å². The molecule has 2 N–H and O–H groups in total. The number of hydrogen-bond acceptors (Lipinski definition) is 3. The summed E-state index contributed by atoms with van der Waals surface area (Å²) in [5, 5.41) is 0. The zero-order chi connectivity index (χ0) is 12.7. The van der Waals surface area contributed by atoms with Crippen molar-refractivity contribution in [3.63, 3.8) is 0 Å². The van der Waals surface area contributed by atoms with Gasteiger partial charge in [-0.1, -0.05) is 24.3 Å². The summed E-state index contributed by atoms with van der Waals surface area (Å²) in [5.74, 6) is -0.649. The van der Waals surface area contributed by atoms with E-state index in [9.17, 15) is 9.59 Å². The van der Waals surface area contributed by atoms with E-state index < -0.39 is 0 Å². The van der Waals surface area contributed by atoms with Crippen LogP contribution >= 0.6 is 0 Å². The van der Waals surface area contributed by atoms with Crippen LogP contribution in [0.15, 0.2) is 36.4 Å². The number of carbonyl (C=O) groups excluding carboxylic acids is 2. The van der Waals surface area contributed by atoms with Gasteiger partial charge in [-0.25, -0.2) is 4.90 Å². The summed E-state index contributed by atoms with van der Waals surface area (Å²) < 4.78 is 0. The quantitative estimate of drug-likeness (QED) is 0.463. The van der Waals surface area contributed by atoms with Gasteiger partial charge in [0, 0.05) is 0 Å². The molecule has 2 aliphatic rings. The van der Waals surface area contributed by atoms with Gasteiger partial charge in [-0.15, -0.1) is 0 Å². The minimum atomic E-state index is -0.206. The number of fused-ring (bicyclic) bond motifs is 1. The second kappa shape index (κ2) is 3.98. The fourth-order valence-corrected chi connectivity index (χ4v) is 2.73. The number of hydrogen-bond donors (Lipinski definition) is 1. The van der Waals surface area contributed by atoms with Crippen molar-refractivity contribution < 1.29 is 9.59 Å². The van der Waals surface area contributed by atoms with E-state index in [0.29, 0.717) is 24.2 Å². The van der Waals surface area contributed by atoms with Gasteiger partial charge in [0.1, 0.15) is 0 Å². The molecule has 1 aliphatic heterocycles. The number of nitrogen functional groups attached to an aromatic ring is 1. The van der Waals surface area contributed by atoms with E-state index in [2.05, 4.69) is 0 Å². The molecule has 18 heavy (non-hydrogen) atoms. The van der Waals surface area contributed by atoms with Crippen molar-refractivity contribution in [1.82, 2.24) is 0 Å². The van der Waals surface area contributed by atoms with Crippen LogP contribution in [0.4, 0.5) is 11.4 Å². The number of nitrogens with zero attached hydrogens (tertiary/aromatic N) is 1. The predicted molar refractivity (Wildman–Crippen MR) is 68.7 cm³/mol. The van der Waals surface area contributed by atoms with Crippen molar-refractivity contribution in [3.05, 3.63) is 36.4 Å². The molecular formula is C14H14N2O2. The first-order valence-electron chi connectivity index (χ1n) is 6.07. The molecule has 1 aromatic rings. The molecule has 92 valence electrons. The Balaban J connectivity index is 2.02. The maximum absolute atomic E-state index is 12.3. The third-order valence-electron chi connectivity index (χ3n) is 3.69. The van der Waals surface area contributed by atoms with Gasteiger partial charge in [-0.3, -0.25) is 9.59 Å². The predicted octanol–water partition coefficient (Wildman–Crippen LogP) is 1.72. The molecule has 0 saturated carbocycles. The molecule has 0 aromatic heterocycles. The summed E-state index contributed by atoms with van der Waals surface area (Å²) in [6.45, 7) is 0. The third kappa shape index (κ3) is 1.45. The number of rotatable bonds is 1. The second-order valence-corrected chi connectivity index (χ2v) is 4.73. The molecule has 1 aliphatic carbocycles. The first kappa shape index (κ1) is 11.0. The highest BCUT2D eigenvalue weighted by molar-refractivity contribution is 6.23. The van der Waals surface area contributed by atoms with Crippen molar-refractivity contribution >= 4 is 23.2 Å². The Morgan fingerprint density at radius 2 is 1.56 bits per heavy atom. The van der Waals surface area contributed by atoms with Crippen molar-refractivity contribution in [2.45, 2.75) is 12.8 Å². The Hall–Kier alpha value is -2.10. The highest BCUT2D eigenvalue weighted by Gasteiger charge is 2.48. The molecule has 1 saturated heterocycles. The topological polar surface area (TPSA) is 63.4 Å². The molecule has 1 heterocycles. The lowest BCUT2D eigenvalue weighted by Crippen LogP contribution is -2.31. The number of para-hydroxylation sites is 2. The van der Waals surface area contributed by atoms with Gasteiger partial charge in [0.15, 0.2) is 0 Å². The highest BCUT2D eigenvalue weighted by atomic mass is 16.2. The number of carbonyl (C=O) groups is 2. The van der Waals surface area contributed by atoms with Gasteiger partial charge in [0.2, 0.25) is 11.8 Å². The maximum atomic E-state index is 12.3. The van der Waals surface area contributed by atoms with Crippen molar-refractivity contribution in [1.29, 1.82) is 0 Å². The molecule has 2 amide bonds. The number of imide groups is 1. The Morgan fingerprint density at radius 3 is 2.11 bits per heavy atom. The number of nitrogens with two attached hydrogens (primary N) is 1. The van der Waals surface area contributed by atoms with E-state index in [1.165, 1.54) is 4.90 Å². The van der Waals surface area contributed by atoms with Crippen LogP contribution in [0.5, 0.6) is 0 Å². The molecule has 1 fully saturated rings. The third-order valence-corrected chi connectivity index (χ3v) is 3.69. The fraction of sp³-hybridized carbons (Fsp3) is 0.286. The number of amides is 2. The van der Waals surface area contributed by atoms with Crippen LogP contribution in [0.25, 0.3) is 0 Å². The Bertz CT molecular complexity index is 524. The van der Waals surface area contributed by atoms with Crippen LogP contribution in [0.3, 0.4) is 0 Å². The highest BCUT2D eigenvalue weighted by Crippen LogP contribution is 2.39. The van der Waals surface area contributed by atoms with Gasteiger partial charge >= 0.3 is 0 Å². The summed E-state index contributed by atoms with van der Waals surface area (Å²) >= 11 is 0. The first-order chi connectivity index (χ1) is 8.70. The van der Waals surface area contributed by atoms with Crippen molar-refractivity contribution in [2.24, 2.45) is 11.8 Å². The zero-order valence-corrected chi connectivity index (χ0v) is 9.87. The van der Waals surface area contributed by atoms with E-state index in [1.54, 1.807) is 24.3 Å². The molecular weight excluding hydrogens is 228 g/mol. The van der Waals surface area contributed by atoms with Crippen LogP contribution in [0.2, 0.25) is 0 Å². The van der Waals surface area contributed by atoms with Crippen molar-refractivity contribution in [2.75, 3.05) is 10.6 Å². The lowest BCUT2D eigenvalue weighted by molar-refractivity contribution is -0.122. The van der Waals surface area contributed by atoms with Crippen LogP contribution in [-0.2, 0) is 9.59 Å². The fourth-order valence-electron chi connectivity index (χ4n) is 2.73. The number of anilines is 2. The molecule has 4 nitrogen and oxygen atoms in total. The normalized spacial score (nSPS) is 26.6. The molecule has 0 unspecified atom stereocenters. The van der Waals surface area contributed by atoms with Crippen LogP contribution in [0, 0.1) is 11.8 Å². The molecule has 0 bridgehead atoms. The zero-order valence-electron chi connectivity index (χ0n) is 9.87. The first-order valence-corrected chi connectivity index (χ1v) is 6.07. The van der Waals surface area contributed by atoms with Gasteiger partial charge < -0.3 is 5.73 Å². The largest absolute Gasteiger partial charge is 0.397 e. The molecule has 3 rings (SSSR count). The van der Waals surface area contributed by atoms with E-state index in [-0.39, 0.29) is 23.7 Å². The molecule has 0 radical (unpaired) electrons. The number of allylic oxidation sites excluding steroid dienone is 2. The average Bonchev–Trinajstić information content (AvgIpc) is 2.64. The minimum Gasteiger partial charge on any atom is -0.397 e. The van der Waals surface area contributed by atoms with Crippen LogP contribution in [-0.4, -0.2) is 11.8 Å². The summed E-state index contributed by atoms with van der Waals surface area (Å²) in [5.41, 5.74) is 6.83. The molecule has 1 aromatic carbocycles. The summed E-state index contributed by atoms with van der Waals surface area (Å²) in [6, 6.07) is 7.00. The second-order valence-electron chi connectivity index (χ2n) is 4.73. The molecule has 2 atom stereocenters. The van der Waals surface area contributed by atoms with E-state index in [0.717, 1.165) is 0 Å². The SMILES string of the molecule is Nc1ccccc1N1C(=O)[C@@H]2CC=CC[C@H]2C1=O. The standard InChI is InChI=1S/C14H14N2O2/c15-11-7-3-4-8-12(11)16-13(17)9-5-1-2-6-10(9)14(16)18/h1-4,7-10H,5-6,15H2/t9-,10-/m1/s1. The molecule has 0 spiro atoms. The maximum Gasteiger partial charge on any atom is 0.238 e. The summed E-state index contributed by atoms with van der Waals surface area (Å²) in [6.07, 6.45) is 5.26. The van der Waals surface area contributed by atoms with Gasteiger partial charge in [0.05, 0.1) is 23.2 Å². The lowest BCUT2D eigenvalue weighted by Gasteiger charge is -2.16. The summed E-state index contributed by atoms with van der Waals surface area (Å²) in [4.78, 5) is 25.9.